The fourth-order valence-corrected chi connectivity index (χ4v) is 1.76. The van der Waals surface area contributed by atoms with E-state index < -0.39 is 0 Å². The molecule has 11 heavy (non-hydrogen) atoms. The van der Waals surface area contributed by atoms with Gasteiger partial charge in [-0.2, -0.15) is 0 Å². The van der Waals surface area contributed by atoms with Crippen LogP contribution in [0.4, 0.5) is 0 Å². The number of aliphatic hydroxyl groups is 1. The zero-order valence-electron chi connectivity index (χ0n) is 7.26. The van der Waals surface area contributed by atoms with E-state index in [4.69, 9.17) is 9.84 Å². The number of aliphatic hydroxyl groups excluding tert-OH is 1. The van der Waals surface area contributed by atoms with Crippen LogP contribution >= 0.6 is 0 Å². The van der Waals surface area contributed by atoms with Gasteiger partial charge in [0.2, 0.25) is 0 Å². The zero-order chi connectivity index (χ0) is 8.32. The van der Waals surface area contributed by atoms with Crippen molar-refractivity contribution in [3.63, 3.8) is 0 Å². The average molecular weight is 159 g/mol. The molecule has 3 heteroatoms. The summed E-state index contributed by atoms with van der Waals surface area (Å²) in [6.45, 7) is 3.09. The van der Waals surface area contributed by atoms with Gasteiger partial charge in [0.1, 0.15) is 0 Å². The molecule has 0 amide bonds. The van der Waals surface area contributed by atoms with Crippen molar-refractivity contribution in [1.29, 1.82) is 0 Å². The SMILES string of the molecule is CNC1(CCO)CCOC1C. The lowest BCUT2D eigenvalue weighted by molar-refractivity contribution is 0.0742. The molecule has 3 nitrogen and oxygen atoms in total. The molecule has 2 atom stereocenters. The summed E-state index contributed by atoms with van der Waals surface area (Å²) in [5.41, 5.74) is 0.0226. The normalized spacial score (nSPS) is 37.9. The molecular weight excluding hydrogens is 142 g/mol. The third kappa shape index (κ3) is 1.55. The molecule has 0 aromatic rings. The van der Waals surface area contributed by atoms with E-state index in [1.807, 2.05) is 7.05 Å². The van der Waals surface area contributed by atoms with E-state index in [2.05, 4.69) is 12.2 Å². The van der Waals surface area contributed by atoms with Crippen molar-refractivity contribution in [2.24, 2.45) is 0 Å². The van der Waals surface area contributed by atoms with Crippen LogP contribution in [0.2, 0.25) is 0 Å². The topological polar surface area (TPSA) is 41.5 Å². The van der Waals surface area contributed by atoms with Crippen LogP contribution in [0.15, 0.2) is 0 Å². The molecule has 2 unspecified atom stereocenters. The summed E-state index contributed by atoms with van der Waals surface area (Å²) in [7, 11) is 1.93. The first kappa shape index (κ1) is 8.97. The van der Waals surface area contributed by atoms with Gasteiger partial charge in [-0.1, -0.05) is 0 Å². The van der Waals surface area contributed by atoms with Crippen LogP contribution in [-0.2, 0) is 4.74 Å². The lowest BCUT2D eigenvalue weighted by Crippen LogP contribution is -2.49. The molecule has 1 heterocycles. The predicted octanol–water partition coefficient (Wildman–Crippen LogP) is 0.136. The first-order chi connectivity index (χ1) is 5.25. The van der Waals surface area contributed by atoms with Crippen molar-refractivity contribution < 1.29 is 9.84 Å². The van der Waals surface area contributed by atoms with Gasteiger partial charge in [0.15, 0.2) is 0 Å². The Bertz CT molecular complexity index is 129. The lowest BCUT2D eigenvalue weighted by atomic mass is 9.89. The Morgan fingerprint density at radius 3 is 2.82 bits per heavy atom. The Morgan fingerprint density at radius 2 is 2.45 bits per heavy atom. The highest BCUT2D eigenvalue weighted by atomic mass is 16.5. The minimum Gasteiger partial charge on any atom is -0.396 e. The van der Waals surface area contributed by atoms with Crippen LogP contribution in [0, 0.1) is 0 Å². The molecule has 1 aliphatic rings. The van der Waals surface area contributed by atoms with Crippen LogP contribution in [0.3, 0.4) is 0 Å². The highest BCUT2D eigenvalue weighted by molar-refractivity contribution is 4.96. The van der Waals surface area contributed by atoms with Crippen molar-refractivity contribution in [3.8, 4) is 0 Å². The maximum atomic E-state index is 8.85. The Balaban J connectivity index is 2.57. The molecule has 0 spiro atoms. The second-order valence-corrected chi connectivity index (χ2v) is 3.14. The molecule has 0 aromatic heterocycles. The molecule has 0 saturated carbocycles. The van der Waals surface area contributed by atoms with E-state index in [1.54, 1.807) is 0 Å². The summed E-state index contributed by atoms with van der Waals surface area (Å²) in [4.78, 5) is 0. The molecule has 0 bridgehead atoms. The summed E-state index contributed by atoms with van der Waals surface area (Å²) in [6.07, 6.45) is 2.01. The summed E-state index contributed by atoms with van der Waals surface area (Å²) in [6, 6.07) is 0. The molecule has 1 rings (SSSR count). The molecule has 0 radical (unpaired) electrons. The Kier molecular flexibility index (Phi) is 2.87. The minimum absolute atomic E-state index is 0.0226. The molecule has 1 fully saturated rings. The number of hydrogen-bond acceptors (Lipinski definition) is 3. The predicted molar refractivity (Wildman–Crippen MR) is 43.5 cm³/mol. The van der Waals surface area contributed by atoms with Gasteiger partial charge >= 0.3 is 0 Å². The third-order valence-electron chi connectivity index (χ3n) is 2.75. The van der Waals surface area contributed by atoms with E-state index in [9.17, 15) is 0 Å². The number of ether oxygens (including phenoxy) is 1. The zero-order valence-corrected chi connectivity index (χ0v) is 7.26. The third-order valence-corrected chi connectivity index (χ3v) is 2.75. The van der Waals surface area contributed by atoms with Crippen LogP contribution < -0.4 is 5.32 Å². The minimum atomic E-state index is 0.0226. The maximum absolute atomic E-state index is 8.85. The molecule has 0 aromatic carbocycles. The van der Waals surface area contributed by atoms with Gasteiger partial charge in [-0.3, -0.25) is 0 Å². The highest BCUT2D eigenvalue weighted by Crippen LogP contribution is 2.28. The van der Waals surface area contributed by atoms with Gasteiger partial charge in [-0.25, -0.2) is 0 Å². The summed E-state index contributed by atoms with van der Waals surface area (Å²) in [5.74, 6) is 0. The summed E-state index contributed by atoms with van der Waals surface area (Å²) >= 11 is 0. The Hall–Kier alpha value is -0.120. The number of rotatable bonds is 3. The largest absolute Gasteiger partial charge is 0.396 e. The van der Waals surface area contributed by atoms with Gasteiger partial charge < -0.3 is 15.2 Å². The molecule has 0 aliphatic carbocycles. The van der Waals surface area contributed by atoms with Crippen molar-refractivity contribution in [2.75, 3.05) is 20.3 Å². The standard InChI is InChI=1S/C8H17NO2/c1-7-8(9-2,3-5-10)4-6-11-7/h7,9-10H,3-6H2,1-2H3. The number of nitrogens with one attached hydrogen (secondary N) is 1. The Labute approximate surface area is 67.7 Å². The number of hydrogen-bond donors (Lipinski definition) is 2. The highest BCUT2D eigenvalue weighted by Gasteiger charge is 2.39. The van der Waals surface area contributed by atoms with Gasteiger partial charge in [0.05, 0.1) is 6.10 Å². The van der Waals surface area contributed by atoms with Crippen LogP contribution in [0.5, 0.6) is 0 Å². The second-order valence-electron chi connectivity index (χ2n) is 3.14. The van der Waals surface area contributed by atoms with Crippen molar-refractivity contribution in [2.45, 2.75) is 31.4 Å². The van der Waals surface area contributed by atoms with Crippen molar-refractivity contribution in [3.05, 3.63) is 0 Å². The van der Waals surface area contributed by atoms with Gasteiger partial charge in [-0.15, -0.1) is 0 Å². The van der Waals surface area contributed by atoms with Crippen molar-refractivity contribution in [1.82, 2.24) is 5.32 Å². The summed E-state index contributed by atoms with van der Waals surface area (Å²) in [5, 5.41) is 12.1. The van der Waals surface area contributed by atoms with E-state index >= 15 is 0 Å². The Morgan fingerprint density at radius 1 is 1.73 bits per heavy atom. The van der Waals surface area contributed by atoms with Crippen LogP contribution in [-0.4, -0.2) is 37.0 Å². The number of likely N-dealkylation sites (N-methyl/N-ethyl adjacent to an activating group) is 1. The quantitative estimate of drug-likeness (QED) is 0.615. The van der Waals surface area contributed by atoms with Crippen LogP contribution in [0.1, 0.15) is 19.8 Å². The van der Waals surface area contributed by atoms with Gasteiger partial charge in [-0.05, 0) is 26.8 Å². The van der Waals surface area contributed by atoms with Gasteiger partial charge in [0.25, 0.3) is 0 Å². The average Bonchev–Trinajstić information content (AvgIpc) is 2.35. The molecule has 2 N–H and O–H groups in total. The maximum Gasteiger partial charge on any atom is 0.0730 e. The van der Waals surface area contributed by atoms with Crippen molar-refractivity contribution >= 4 is 0 Å². The fourth-order valence-electron chi connectivity index (χ4n) is 1.76. The first-order valence-electron chi connectivity index (χ1n) is 4.16. The second kappa shape index (κ2) is 3.52. The first-order valence-corrected chi connectivity index (χ1v) is 4.16. The molecule has 66 valence electrons. The molecule has 1 saturated heterocycles. The summed E-state index contributed by atoms with van der Waals surface area (Å²) < 4.78 is 5.44. The van der Waals surface area contributed by atoms with Crippen LogP contribution in [0.25, 0.3) is 0 Å². The van der Waals surface area contributed by atoms with E-state index in [0.717, 1.165) is 19.4 Å². The van der Waals surface area contributed by atoms with E-state index in [1.165, 1.54) is 0 Å². The lowest BCUT2D eigenvalue weighted by Gasteiger charge is -2.31. The molecule has 1 aliphatic heterocycles. The van der Waals surface area contributed by atoms with E-state index in [0.29, 0.717) is 0 Å². The van der Waals surface area contributed by atoms with E-state index in [-0.39, 0.29) is 18.2 Å². The fraction of sp³-hybridized carbons (Fsp3) is 1.00. The smallest absolute Gasteiger partial charge is 0.0730 e. The van der Waals surface area contributed by atoms with Gasteiger partial charge in [0, 0.05) is 18.8 Å². The molecular formula is C8H17NO2. The monoisotopic (exact) mass is 159 g/mol.